The molecule has 0 aliphatic heterocycles. The molecule has 3 N–H and O–H groups in total. The summed E-state index contributed by atoms with van der Waals surface area (Å²) in [7, 11) is 1.24. The van der Waals surface area contributed by atoms with Crippen molar-refractivity contribution in [3.8, 4) is 28.2 Å². The fourth-order valence-electron chi connectivity index (χ4n) is 3.99. The number of benzene rings is 3. The predicted molar refractivity (Wildman–Crippen MR) is 144 cm³/mol. The predicted octanol–water partition coefficient (Wildman–Crippen LogP) is 6.11. The molecule has 0 spiro atoms. The van der Waals surface area contributed by atoms with Gasteiger partial charge in [-0.15, -0.1) is 0 Å². The van der Waals surface area contributed by atoms with Gasteiger partial charge in [0.05, 0.1) is 13.3 Å². The zero-order valence-electron chi connectivity index (χ0n) is 19.5. The van der Waals surface area contributed by atoms with Crippen molar-refractivity contribution in [2.45, 2.75) is 0 Å². The molecule has 2 heterocycles. The Balaban J connectivity index is 1.36. The van der Waals surface area contributed by atoms with E-state index >= 15 is 0 Å². The standard InChI is InChI=1S/C28H20BrN3O5/c1-36-28(35)20-10-7-17(13-23(20)33)24-12-9-19(37-24)15-30-32-27(34)26-25(16-5-3-2-4-6-16)21-14-18(29)8-11-22(21)31-26/h2-15,31,33H,1H3,(H,32,34)/b30-15+. The second kappa shape index (κ2) is 10.2. The maximum Gasteiger partial charge on any atom is 0.341 e. The van der Waals surface area contributed by atoms with Crippen LogP contribution in [0, 0.1) is 0 Å². The number of aromatic nitrogens is 1. The maximum atomic E-state index is 13.1. The van der Waals surface area contributed by atoms with E-state index in [0.29, 0.717) is 22.8 Å². The number of halogens is 1. The number of carbonyl (C=O) groups excluding carboxylic acids is 2. The van der Waals surface area contributed by atoms with Crippen molar-refractivity contribution < 1.29 is 23.8 Å². The molecule has 0 saturated carbocycles. The molecule has 37 heavy (non-hydrogen) atoms. The summed E-state index contributed by atoms with van der Waals surface area (Å²) in [4.78, 5) is 28.0. The Morgan fingerprint density at radius 3 is 2.59 bits per heavy atom. The lowest BCUT2D eigenvalue weighted by molar-refractivity contribution is 0.0597. The van der Waals surface area contributed by atoms with E-state index in [2.05, 4.69) is 36.2 Å². The highest BCUT2D eigenvalue weighted by molar-refractivity contribution is 9.10. The summed E-state index contributed by atoms with van der Waals surface area (Å²) in [6, 6.07) is 23.3. The molecule has 0 bridgehead atoms. The normalized spacial score (nSPS) is 11.2. The number of phenolic OH excluding ortho intramolecular Hbond substituents is 1. The van der Waals surface area contributed by atoms with Crippen molar-refractivity contribution in [1.29, 1.82) is 0 Å². The number of methoxy groups -OCH3 is 1. The highest BCUT2D eigenvalue weighted by Crippen LogP contribution is 2.34. The van der Waals surface area contributed by atoms with Crippen LogP contribution >= 0.6 is 15.9 Å². The van der Waals surface area contributed by atoms with E-state index in [4.69, 9.17) is 4.42 Å². The third kappa shape index (κ3) is 4.89. The molecular weight excluding hydrogens is 538 g/mol. The molecule has 0 radical (unpaired) electrons. The quantitative estimate of drug-likeness (QED) is 0.132. The summed E-state index contributed by atoms with van der Waals surface area (Å²) in [5, 5.41) is 15.1. The molecule has 0 aliphatic carbocycles. The van der Waals surface area contributed by atoms with Crippen LogP contribution in [0.1, 0.15) is 26.6 Å². The largest absolute Gasteiger partial charge is 0.507 e. The lowest BCUT2D eigenvalue weighted by atomic mass is 10.0. The van der Waals surface area contributed by atoms with Gasteiger partial charge in [-0.3, -0.25) is 4.79 Å². The van der Waals surface area contributed by atoms with Crippen LogP contribution in [0.15, 0.2) is 92.9 Å². The van der Waals surface area contributed by atoms with Crippen LogP contribution < -0.4 is 5.43 Å². The van der Waals surface area contributed by atoms with E-state index in [-0.39, 0.29) is 11.3 Å². The van der Waals surface area contributed by atoms with E-state index in [0.717, 1.165) is 26.5 Å². The van der Waals surface area contributed by atoms with Gasteiger partial charge in [0.2, 0.25) is 0 Å². The van der Waals surface area contributed by atoms with Gasteiger partial charge in [-0.25, -0.2) is 10.2 Å². The molecule has 0 unspecified atom stereocenters. The van der Waals surface area contributed by atoms with Gasteiger partial charge >= 0.3 is 5.97 Å². The van der Waals surface area contributed by atoms with Gasteiger partial charge in [0, 0.05) is 26.5 Å². The van der Waals surface area contributed by atoms with Gasteiger partial charge in [0.25, 0.3) is 5.91 Å². The first-order valence-electron chi connectivity index (χ1n) is 11.2. The van der Waals surface area contributed by atoms with Crippen LogP contribution in [-0.4, -0.2) is 35.3 Å². The van der Waals surface area contributed by atoms with Crippen molar-refractivity contribution in [2.24, 2.45) is 5.10 Å². The van der Waals surface area contributed by atoms with Crippen molar-refractivity contribution in [3.63, 3.8) is 0 Å². The van der Waals surface area contributed by atoms with Crippen LogP contribution in [-0.2, 0) is 4.74 Å². The highest BCUT2D eigenvalue weighted by Gasteiger charge is 2.19. The molecule has 0 atom stereocenters. The van der Waals surface area contributed by atoms with Crippen LogP contribution in [0.2, 0.25) is 0 Å². The topological polar surface area (TPSA) is 117 Å². The van der Waals surface area contributed by atoms with E-state index in [1.807, 2.05) is 48.5 Å². The number of aromatic amines is 1. The van der Waals surface area contributed by atoms with Crippen molar-refractivity contribution in [1.82, 2.24) is 10.4 Å². The third-order valence-electron chi connectivity index (χ3n) is 5.72. The summed E-state index contributed by atoms with van der Waals surface area (Å²) in [5.74, 6) is -0.423. The number of amides is 1. The Morgan fingerprint density at radius 2 is 1.84 bits per heavy atom. The number of carbonyl (C=O) groups is 2. The second-order valence-corrected chi connectivity index (χ2v) is 8.97. The number of nitrogens with one attached hydrogen (secondary N) is 2. The lowest BCUT2D eigenvalue weighted by Crippen LogP contribution is -2.18. The number of hydrazone groups is 1. The summed E-state index contributed by atoms with van der Waals surface area (Å²) in [6.45, 7) is 0. The van der Waals surface area contributed by atoms with Gasteiger partial charge in [-0.1, -0.05) is 52.3 Å². The molecule has 9 heteroatoms. The van der Waals surface area contributed by atoms with E-state index < -0.39 is 11.9 Å². The SMILES string of the molecule is COC(=O)c1ccc(-c2ccc(/C=N/NC(=O)c3[nH]c4ccc(Br)cc4c3-c3ccccc3)o2)cc1O. The maximum absolute atomic E-state index is 13.1. The molecule has 5 rings (SSSR count). The molecule has 2 aromatic heterocycles. The molecule has 1 amide bonds. The minimum atomic E-state index is -0.634. The average Bonchev–Trinajstić information content (AvgIpc) is 3.53. The number of hydrogen-bond acceptors (Lipinski definition) is 6. The molecule has 184 valence electrons. The van der Waals surface area contributed by atoms with Gasteiger partial charge < -0.3 is 19.2 Å². The first-order valence-corrected chi connectivity index (χ1v) is 12.0. The molecule has 0 saturated heterocycles. The van der Waals surface area contributed by atoms with Crippen molar-refractivity contribution in [2.75, 3.05) is 7.11 Å². The van der Waals surface area contributed by atoms with E-state index in [1.54, 1.807) is 18.2 Å². The number of furan rings is 1. The number of H-pyrrole nitrogens is 1. The number of nitrogens with zero attached hydrogens (tertiary/aromatic N) is 1. The number of phenols is 1. The minimum Gasteiger partial charge on any atom is -0.507 e. The van der Waals surface area contributed by atoms with Crippen LogP contribution in [0.4, 0.5) is 0 Å². The van der Waals surface area contributed by atoms with Crippen LogP contribution in [0.25, 0.3) is 33.4 Å². The van der Waals surface area contributed by atoms with E-state index in [9.17, 15) is 14.7 Å². The Morgan fingerprint density at radius 1 is 1.03 bits per heavy atom. The first-order chi connectivity index (χ1) is 17.9. The van der Waals surface area contributed by atoms with Gasteiger partial charge in [0.15, 0.2) is 0 Å². The Kier molecular flexibility index (Phi) is 6.61. The summed E-state index contributed by atoms with van der Waals surface area (Å²) < 4.78 is 11.3. The molecular formula is C28H20BrN3O5. The van der Waals surface area contributed by atoms with E-state index in [1.165, 1.54) is 25.5 Å². The Hall–Kier alpha value is -4.63. The number of ether oxygens (including phenoxy) is 1. The fourth-order valence-corrected chi connectivity index (χ4v) is 4.36. The second-order valence-electron chi connectivity index (χ2n) is 8.06. The average molecular weight is 558 g/mol. The summed E-state index contributed by atoms with van der Waals surface area (Å²) in [5.41, 5.74) is 6.06. The fraction of sp³-hybridized carbons (Fsp3) is 0.0357. The van der Waals surface area contributed by atoms with Crippen molar-refractivity contribution >= 4 is 44.9 Å². The lowest BCUT2D eigenvalue weighted by Gasteiger charge is -2.04. The highest BCUT2D eigenvalue weighted by atomic mass is 79.9. The van der Waals surface area contributed by atoms with Gasteiger partial charge in [0.1, 0.15) is 28.5 Å². The number of fused-ring (bicyclic) bond motifs is 1. The van der Waals surface area contributed by atoms with Crippen LogP contribution in [0.3, 0.4) is 0 Å². The smallest absolute Gasteiger partial charge is 0.341 e. The molecule has 3 aromatic carbocycles. The molecule has 0 aliphatic rings. The number of hydrogen-bond donors (Lipinski definition) is 3. The molecule has 8 nitrogen and oxygen atoms in total. The van der Waals surface area contributed by atoms with Gasteiger partial charge in [-0.2, -0.15) is 5.10 Å². The zero-order chi connectivity index (χ0) is 25.9. The summed E-state index contributed by atoms with van der Waals surface area (Å²) in [6.07, 6.45) is 1.38. The van der Waals surface area contributed by atoms with Gasteiger partial charge in [-0.05, 0) is 48.0 Å². The zero-order valence-corrected chi connectivity index (χ0v) is 21.1. The Labute approximate surface area is 219 Å². The number of aromatic hydroxyl groups is 1. The monoisotopic (exact) mass is 557 g/mol. The third-order valence-corrected chi connectivity index (χ3v) is 6.22. The number of rotatable bonds is 6. The van der Waals surface area contributed by atoms with Crippen molar-refractivity contribution in [3.05, 3.63) is 100 Å². The number of esters is 1. The first kappa shape index (κ1) is 24.1. The summed E-state index contributed by atoms with van der Waals surface area (Å²) >= 11 is 3.51. The molecule has 5 aromatic rings. The minimum absolute atomic E-state index is 0.0570. The molecule has 0 fully saturated rings. The van der Waals surface area contributed by atoms with Crippen LogP contribution in [0.5, 0.6) is 5.75 Å². The Bertz CT molecular complexity index is 1650.